The molecule has 3 amide bonds. The Balaban J connectivity index is 0.853. The van der Waals surface area contributed by atoms with E-state index in [-0.39, 0.29) is 76.0 Å². The third kappa shape index (κ3) is 16.8. The van der Waals surface area contributed by atoms with Gasteiger partial charge in [0.2, 0.25) is 33.7 Å². The van der Waals surface area contributed by atoms with Gasteiger partial charge in [-0.1, -0.05) is 82.6 Å². The molecule has 1 aliphatic heterocycles. The van der Waals surface area contributed by atoms with E-state index < -0.39 is 50.9 Å². The highest BCUT2D eigenvalue weighted by atomic mass is 35.5. The number of nitrogens with one attached hydrogen (secondary N) is 3. The number of carbonyl (C=O) groups excluding carboxylic acids is 3. The number of anilines is 1. The minimum atomic E-state index is -3.84. The van der Waals surface area contributed by atoms with Gasteiger partial charge in [-0.3, -0.25) is 19.1 Å². The molecule has 22 heteroatoms. The number of nitrogens with zero attached hydrogens (tertiary/aromatic N) is 5. The normalized spacial score (nSPS) is 15.2. The van der Waals surface area contributed by atoms with Gasteiger partial charge in [-0.25, -0.2) is 23.4 Å². The number of likely N-dealkylation sites (tertiary alicyclic amines) is 1. The lowest BCUT2D eigenvalue weighted by Crippen LogP contribution is -2.58. The van der Waals surface area contributed by atoms with Crippen LogP contribution in [0.2, 0.25) is 5.02 Å². The fourth-order valence-electron chi connectivity index (χ4n) is 8.34. The highest BCUT2D eigenvalue weighted by Crippen LogP contribution is 2.39. The molecule has 408 valence electrons. The Morgan fingerprint density at radius 3 is 2.33 bits per heavy atom. The molecule has 4 N–H and O–H groups in total. The van der Waals surface area contributed by atoms with Crippen molar-refractivity contribution in [2.24, 2.45) is 5.41 Å². The molecule has 5 aromatic rings. The van der Waals surface area contributed by atoms with Crippen molar-refractivity contribution in [1.29, 1.82) is 5.26 Å². The SMILES string of the molecule is Cc1ncsc1-c1ccc(CNC(=O)[C@@H]2C[C@@H](O)CN2C(=O)[C@@H](NC(=O)COCCCCCOCCS(=O)(=O)Nc2nccc(COc3ccc(C(C)(C)c4cc(Cl)c(OCCCl)c(C#N)c4)cc3)n2)C(C)(C)C)cc1. The predicted molar refractivity (Wildman–Crippen MR) is 292 cm³/mol. The number of aliphatic hydroxyl groups excluding tert-OH is 1. The summed E-state index contributed by atoms with van der Waals surface area (Å²) in [7, 11) is -3.84. The van der Waals surface area contributed by atoms with Crippen LogP contribution in [0, 0.1) is 23.7 Å². The van der Waals surface area contributed by atoms with E-state index in [1.165, 1.54) is 11.1 Å². The van der Waals surface area contributed by atoms with Crippen molar-refractivity contribution in [1.82, 2.24) is 30.5 Å². The van der Waals surface area contributed by atoms with Crippen LogP contribution < -0.4 is 24.8 Å². The van der Waals surface area contributed by atoms with E-state index in [2.05, 4.69) is 36.4 Å². The van der Waals surface area contributed by atoms with Crippen molar-refractivity contribution in [2.45, 2.75) is 104 Å². The zero-order valence-corrected chi connectivity index (χ0v) is 46.7. The molecule has 1 saturated heterocycles. The molecule has 1 aliphatic rings. The molecule has 0 aliphatic carbocycles. The molecule has 0 saturated carbocycles. The summed E-state index contributed by atoms with van der Waals surface area (Å²) in [6.07, 6.45) is 2.55. The lowest BCUT2D eigenvalue weighted by Gasteiger charge is -2.35. The van der Waals surface area contributed by atoms with Gasteiger partial charge in [0, 0.05) is 44.3 Å². The van der Waals surface area contributed by atoms with Gasteiger partial charge in [0.05, 0.1) is 56.7 Å². The third-order valence-corrected chi connectivity index (χ3v) is 15.3. The zero-order valence-electron chi connectivity index (χ0n) is 43.6. The highest BCUT2D eigenvalue weighted by Gasteiger charge is 2.44. The van der Waals surface area contributed by atoms with E-state index in [4.69, 9.17) is 42.1 Å². The lowest BCUT2D eigenvalue weighted by atomic mass is 9.77. The van der Waals surface area contributed by atoms with E-state index in [0.717, 1.165) is 32.8 Å². The van der Waals surface area contributed by atoms with Crippen molar-refractivity contribution < 1.29 is 46.9 Å². The second-order valence-electron chi connectivity index (χ2n) is 19.9. The molecule has 18 nitrogen and oxygen atoms in total. The first-order chi connectivity index (χ1) is 36.2. The number of unbranched alkanes of at least 4 members (excludes halogenated alkanes) is 2. The van der Waals surface area contributed by atoms with Gasteiger partial charge in [0.25, 0.3) is 0 Å². The Bertz CT molecular complexity index is 2910. The first-order valence-corrected chi connectivity index (χ1v) is 28.3. The quantitative estimate of drug-likeness (QED) is 0.0291. The van der Waals surface area contributed by atoms with Crippen LogP contribution in [0.25, 0.3) is 10.4 Å². The zero-order chi connectivity index (χ0) is 55.0. The highest BCUT2D eigenvalue weighted by molar-refractivity contribution is 7.92. The molecule has 0 radical (unpaired) electrons. The van der Waals surface area contributed by atoms with Crippen molar-refractivity contribution in [2.75, 3.05) is 55.9 Å². The van der Waals surface area contributed by atoms with E-state index in [1.807, 2.05) is 90.1 Å². The topological polar surface area (TPSA) is 244 Å². The lowest BCUT2D eigenvalue weighted by molar-refractivity contribution is -0.144. The molecule has 0 bridgehead atoms. The van der Waals surface area contributed by atoms with Crippen molar-refractivity contribution in [3.8, 4) is 28.0 Å². The minimum Gasteiger partial charge on any atom is -0.489 e. The molecule has 76 heavy (non-hydrogen) atoms. The predicted octanol–water partition coefficient (Wildman–Crippen LogP) is 7.71. The van der Waals surface area contributed by atoms with Gasteiger partial charge in [-0.15, -0.1) is 22.9 Å². The summed E-state index contributed by atoms with van der Waals surface area (Å²) in [5.41, 5.74) is 5.96. The molecule has 0 spiro atoms. The van der Waals surface area contributed by atoms with Crippen LogP contribution in [0.3, 0.4) is 0 Å². The van der Waals surface area contributed by atoms with Crippen LogP contribution in [0.1, 0.15) is 93.9 Å². The molecular formula is C54H66Cl2N8O10S2. The molecular weight excluding hydrogens is 1060 g/mol. The fraction of sp³-hybridized carbons (Fsp3) is 0.463. The van der Waals surface area contributed by atoms with Crippen LogP contribution in [-0.4, -0.2) is 120 Å². The van der Waals surface area contributed by atoms with Crippen molar-refractivity contribution >= 4 is 68.2 Å². The Morgan fingerprint density at radius 1 is 0.934 bits per heavy atom. The maximum atomic E-state index is 14.0. The number of amides is 3. The number of rotatable bonds is 27. The van der Waals surface area contributed by atoms with Gasteiger partial charge in [0.1, 0.15) is 43.7 Å². The number of alkyl halides is 1. The van der Waals surface area contributed by atoms with Crippen LogP contribution >= 0.6 is 34.5 Å². The first kappa shape index (κ1) is 59.3. The third-order valence-electron chi connectivity index (χ3n) is 12.7. The average Bonchev–Trinajstić information content (AvgIpc) is 4.01. The Kier molecular flexibility index (Phi) is 21.4. The Labute approximate surface area is 458 Å². The number of ether oxygens (including phenoxy) is 4. The second kappa shape index (κ2) is 27.4. The molecule has 0 unspecified atom stereocenters. The van der Waals surface area contributed by atoms with Gasteiger partial charge >= 0.3 is 0 Å². The maximum absolute atomic E-state index is 14.0. The van der Waals surface area contributed by atoms with E-state index in [9.17, 15) is 33.2 Å². The molecule has 6 rings (SSSR count). The number of hydrogen-bond acceptors (Lipinski definition) is 15. The van der Waals surface area contributed by atoms with Crippen molar-refractivity contribution in [3.05, 3.63) is 117 Å². The number of halogens is 2. The number of aromatic nitrogens is 3. The van der Waals surface area contributed by atoms with Crippen LogP contribution in [0.15, 0.2) is 78.4 Å². The summed E-state index contributed by atoms with van der Waals surface area (Å²) in [5, 5.41) is 26.3. The van der Waals surface area contributed by atoms with Crippen LogP contribution in [0.5, 0.6) is 11.5 Å². The molecule has 2 aromatic heterocycles. The molecule has 3 atom stereocenters. The van der Waals surface area contributed by atoms with Crippen LogP contribution in [-0.2, 0) is 52.4 Å². The monoisotopic (exact) mass is 1120 g/mol. The molecule has 1 fully saturated rings. The number of benzene rings is 3. The standard InChI is InChI=1S/C54H66Cl2N8O10S2/c1-35-48(75-34-60-35)37-12-10-36(11-13-37)30-59-50(67)45-28-42(65)31-64(45)51(68)49(53(2,3)4)62-46(66)33-72-22-9-7-8-21-71-24-25-76(69,70)63-52-58-20-18-41(61-52)32-74-43-16-14-39(15-17-43)54(5,6)40-26-38(29-57)47(44(56)27-40)73-23-19-55/h10-18,20,26-27,34,42,45,49,65H,7-9,19,21-25,28,30-33H2,1-6H3,(H,59,67)(H,62,66)(H,58,61,63)/t42-,45+,49-/m1/s1. The molecule has 3 heterocycles. The summed E-state index contributed by atoms with van der Waals surface area (Å²) in [4.78, 5) is 55.6. The van der Waals surface area contributed by atoms with E-state index >= 15 is 0 Å². The number of aryl methyl sites for hydroxylation is 1. The largest absolute Gasteiger partial charge is 0.489 e. The van der Waals surface area contributed by atoms with Crippen LogP contribution in [0.4, 0.5) is 5.95 Å². The summed E-state index contributed by atoms with van der Waals surface area (Å²) >= 11 is 13.8. The molecule has 3 aromatic carbocycles. The number of nitriles is 1. The fourth-order valence-corrected chi connectivity index (χ4v) is 10.3. The minimum absolute atomic E-state index is 0.0369. The average molecular weight is 1120 g/mol. The van der Waals surface area contributed by atoms with Gasteiger partial charge in [-0.05, 0) is 84.2 Å². The number of hydrogen-bond donors (Lipinski definition) is 4. The number of carbonyl (C=O) groups is 3. The number of thiazole rings is 1. The number of β-amino-alcohol motifs (C(OH)–C–C–N with tert-alkyl or cyclic N) is 1. The first-order valence-electron chi connectivity index (χ1n) is 24.9. The van der Waals surface area contributed by atoms with Crippen molar-refractivity contribution in [3.63, 3.8) is 0 Å². The second-order valence-corrected chi connectivity index (χ2v) is 23.4. The smallest absolute Gasteiger partial charge is 0.246 e. The van der Waals surface area contributed by atoms with Gasteiger partial charge < -0.3 is 39.6 Å². The Hall–Kier alpha value is -5.92. The maximum Gasteiger partial charge on any atom is 0.246 e. The summed E-state index contributed by atoms with van der Waals surface area (Å²) in [6.45, 7) is 12.2. The van der Waals surface area contributed by atoms with Gasteiger partial charge in [0.15, 0.2) is 5.75 Å². The summed E-state index contributed by atoms with van der Waals surface area (Å²) < 4.78 is 50.8. The van der Waals surface area contributed by atoms with E-state index in [0.29, 0.717) is 53.6 Å². The number of sulfonamides is 1. The van der Waals surface area contributed by atoms with E-state index in [1.54, 1.807) is 35.0 Å². The summed E-state index contributed by atoms with van der Waals surface area (Å²) in [6, 6.07) is 20.7. The van der Waals surface area contributed by atoms with Gasteiger partial charge in [-0.2, -0.15) is 5.26 Å². The Morgan fingerprint density at radius 2 is 1.66 bits per heavy atom. The summed E-state index contributed by atoms with van der Waals surface area (Å²) in [5.74, 6) is -0.635. The number of aliphatic hydroxyl groups is 1.